The van der Waals surface area contributed by atoms with E-state index in [0.717, 1.165) is 24.3 Å². The zero-order valence-electron chi connectivity index (χ0n) is 8.88. The van der Waals surface area contributed by atoms with Gasteiger partial charge in [-0.25, -0.2) is 8.78 Å². The third-order valence-corrected chi connectivity index (χ3v) is 2.99. The maximum absolute atomic E-state index is 13.1. The van der Waals surface area contributed by atoms with Crippen molar-refractivity contribution in [1.82, 2.24) is 0 Å². The molecule has 1 nitrogen and oxygen atoms in total. The zero-order valence-corrected chi connectivity index (χ0v) is 10.4. The molecule has 0 saturated heterocycles. The fraction of sp³-hybridized carbons (Fsp3) is 0. The average Bonchev–Trinajstić information content (AvgIpc) is 2.31. The maximum atomic E-state index is 13.1. The largest absolute Gasteiger partial charge is 0.288 e. The molecule has 0 aliphatic carbocycles. The van der Waals surface area contributed by atoms with Gasteiger partial charge in [0.05, 0.1) is 10.0 Å². The second-order valence-corrected chi connectivity index (χ2v) is 4.39. The van der Waals surface area contributed by atoms with Crippen molar-refractivity contribution in [2.24, 2.45) is 0 Å². The van der Waals surface area contributed by atoms with Gasteiger partial charge >= 0.3 is 0 Å². The van der Waals surface area contributed by atoms with Crippen LogP contribution in [-0.2, 0) is 0 Å². The van der Waals surface area contributed by atoms with Gasteiger partial charge in [0.1, 0.15) is 11.6 Å². The number of benzene rings is 2. The average molecular weight is 287 g/mol. The minimum atomic E-state index is -0.582. The molecule has 0 amide bonds. The summed E-state index contributed by atoms with van der Waals surface area (Å²) in [6.07, 6.45) is 0. The van der Waals surface area contributed by atoms with Crippen molar-refractivity contribution in [1.29, 1.82) is 0 Å². The number of ketones is 1. The lowest BCUT2D eigenvalue weighted by Crippen LogP contribution is -2.04. The molecule has 0 heterocycles. The molecule has 5 heteroatoms. The summed E-state index contributed by atoms with van der Waals surface area (Å²) in [6, 6.07) is 6.80. The lowest BCUT2D eigenvalue weighted by atomic mass is 10.0. The van der Waals surface area contributed by atoms with Crippen molar-refractivity contribution in [3.63, 3.8) is 0 Å². The van der Waals surface area contributed by atoms with Gasteiger partial charge in [-0.2, -0.15) is 0 Å². The third-order valence-electron chi connectivity index (χ3n) is 2.35. The molecule has 0 unspecified atom stereocenters. The number of rotatable bonds is 2. The Balaban J connectivity index is 2.51. The third kappa shape index (κ3) is 2.52. The molecule has 0 aromatic heterocycles. The van der Waals surface area contributed by atoms with Crippen molar-refractivity contribution >= 4 is 29.0 Å². The Kier molecular flexibility index (Phi) is 3.64. The summed E-state index contributed by atoms with van der Waals surface area (Å²) in [5, 5.41) is 0.0714. The second kappa shape index (κ2) is 5.04. The summed E-state index contributed by atoms with van der Waals surface area (Å²) >= 11 is 11.6. The molecule has 92 valence electrons. The summed E-state index contributed by atoms with van der Waals surface area (Å²) in [6.45, 7) is 0. The zero-order chi connectivity index (χ0) is 13.3. The number of carbonyl (C=O) groups excluding carboxylic acids is 1. The molecule has 0 aliphatic heterocycles. The lowest BCUT2D eigenvalue weighted by molar-refractivity contribution is 0.103. The van der Waals surface area contributed by atoms with Gasteiger partial charge in [0, 0.05) is 11.1 Å². The summed E-state index contributed by atoms with van der Waals surface area (Å²) < 4.78 is 26.0. The van der Waals surface area contributed by atoms with E-state index in [4.69, 9.17) is 23.2 Å². The smallest absolute Gasteiger partial charge is 0.196 e. The molecule has 2 aromatic rings. The van der Waals surface area contributed by atoms with Gasteiger partial charge in [-0.1, -0.05) is 23.2 Å². The molecule has 0 bridgehead atoms. The minimum Gasteiger partial charge on any atom is -0.288 e. The van der Waals surface area contributed by atoms with Crippen molar-refractivity contribution in [3.8, 4) is 0 Å². The summed E-state index contributed by atoms with van der Waals surface area (Å²) in [4.78, 5) is 12.1. The van der Waals surface area contributed by atoms with Gasteiger partial charge in [0.15, 0.2) is 5.78 Å². The van der Waals surface area contributed by atoms with E-state index in [1.165, 1.54) is 12.1 Å². The molecule has 18 heavy (non-hydrogen) atoms. The van der Waals surface area contributed by atoms with E-state index in [1.807, 2.05) is 0 Å². The first kappa shape index (κ1) is 13.0. The lowest BCUT2D eigenvalue weighted by Gasteiger charge is -2.05. The Bertz CT molecular complexity index is 626. The van der Waals surface area contributed by atoms with Gasteiger partial charge < -0.3 is 0 Å². The number of hydrogen-bond acceptors (Lipinski definition) is 1. The van der Waals surface area contributed by atoms with Crippen LogP contribution in [0.25, 0.3) is 0 Å². The van der Waals surface area contributed by atoms with Crippen LogP contribution in [0.15, 0.2) is 36.4 Å². The number of halogens is 4. The first-order valence-corrected chi connectivity index (χ1v) is 5.69. The topological polar surface area (TPSA) is 17.1 Å². The highest BCUT2D eigenvalue weighted by Gasteiger charge is 2.17. The molecule has 0 N–H and O–H groups in total. The van der Waals surface area contributed by atoms with E-state index in [1.54, 1.807) is 0 Å². The predicted molar refractivity (Wildman–Crippen MR) is 66.3 cm³/mol. The van der Waals surface area contributed by atoms with E-state index in [9.17, 15) is 13.6 Å². The van der Waals surface area contributed by atoms with E-state index >= 15 is 0 Å². The molecule has 0 spiro atoms. The van der Waals surface area contributed by atoms with Gasteiger partial charge in [-0.05, 0) is 36.4 Å². The first-order chi connectivity index (χ1) is 8.49. The van der Waals surface area contributed by atoms with Crippen LogP contribution in [0.1, 0.15) is 15.9 Å². The Morgan fingerprint density at radius 2 is 1.44 bits per heavy atom. The van der Waals surface area contributed by atoms with Gasteiger partial charge in [0.25, 0.3) is 0 Å². The second-order valence-electron chi connectivity index (χ2n) is 3.58. The van der Waals surface area contributed by atoms with Crippen LogP contribution in [0.2, 0.25) is 10.0 Å². The van der Waals surface area contributed by atoms with E-state index < -0.39 is 17.4 Å². The minimum absolute atomic E-state index is 0.00910. The van der Waals surface area contributed by atoms with Crippen LogP contribution < -0.4 is 0 Å². The molecule has 0 fully saturated rings. The van der Waals surface area contributed by atoms with Crippen LogP contribution in [0.3, 0.4) is 0 Å². The summed E-state index contributed by atoms with van der Waals surface area (Å²) in [7, 11) is 0. The highest BCUT2D eigenvalue weighted by atomic mass is 35.5. The van der Waals surface area contributed by atoms with Gasteiger partial charge in [0.2, 0.25) is 0 Å². The van der Waals surface area contributed by atoms with Crippen molar-refractivity contribution in [3.05, 3.63) is 69.2 Å². The monoisotopic (exact) mass is 286 g/mol. The molecule has 0 atom stereocenters. The Morgan fingerprint density at radius 1 is 0.833 bits per heavy atom. The first-order valence-electron chi connectivity index (χ1n) is 4.94. The van der Waals surface area contributed by atoms with Crippen molar-refractivity contribution < 1.29 is 13.6 Å². The highest BCUT2D eigenvalue weighted by Crippen LogP contribution is 2.25. The molecular formula is C13H6Cl2F2O. The van der Waals surface area contributed by atoms with Crippen LogP contribution in [0.4, 0.5) is 8.78 Å². The Hall–Kier alpha value is -1.45. The Morgan fingerprint density at radius 3 is 2.11 bits per heavy atom. The van der Waals surface area contributed by atoms with Crippen LogP contribution in [0, 0.1) is 11.6 Å². The number of hydrogen-bond donors (Lipinski definition) is 0. The SMILES string of the molecule is O=C(c1ccc(F)cc1Cl)c1cc(F)ccc1Cl. The molecule has 0 saturated carbocycles. The highest BCUT2D eigenvalue weighted by molar-refractivity contribution is 6.38. The Labute approximate surface area is 112 Å². The number of carbonyl (C=O) groups is 1. The van der Waals surface area contributed by atoms with Crippen molar-refractivity contribution in [2.45, 2.75) is 0 Å². The predicted octanol–water partition coefficient (Wildman–Crippen LogP) is 4.50. The molecule has 2 aromatic carbocycles. The van der Waals surface area contributed by atoms with E-state index in [-0.39, 0.29) is 21.2 Å². The van der Waals surface area contributed by atoms with Gasteiger partial charge in [-0.3, -0.25) is 4.79 Å². The van der Waals surface area contributed by atoms with Crippen molar-refractivity contribution in [2.75, 3.05) is 0 Å². The van der Waals surface area contributed by atoms with Gasteiger partial charge in [-0.15, -0.1) is 0 Å². The van der Waals surface area contributed by atoms with E-state index in [2.05, 4.69) is 0 Å². The quantitative estimate of drug-likeness (QED) is 0.743. The standard InChI is InChI=1S/C13H6Cl2F2O/c14-11-4-2-7(16)5-10(11)13(18)9-3-1-8(17)6-12(9)15/h1-6H. The molecule has 0 radical (unpaired) electrons. The maximum Gasteiger partial charge on any atom is 0.196 e. The normalized spacial score (nSPS) is 10.4. The molecule has 2 rings (SSSR count). The fourth-order valence-electron chi connectivity index (χ4n) is 1.49. The van der Waals surface area contributed by atoms with Crippen LogP contribution in [0.5, 0.6) is 0 Å². The van der Waals surface area contributed by atoms with Crippen LogP contribution >= 0.6 is 23.2 Å². The summed E-state index contributed by atoms with van der Waals surface area (Å²) in [5.74, 6) is -1.69. The summed E-state index contributed by atoms with van der Waals surface area (Å²) in [5.41, 5.74) is 0.0655. The fourth-order valence-corrected chi connectivity index (χ4v) is 1.95. The van der Waals surface area contributed by atoms with E-state index in [0.29, 0.717) is 0 Å². The molecular weight excluding hydrogens is 281 g/mol. The van der Waals surface area contributed by atoms with Crippen LogP contribution in [-0.4, -0.2) is 5.78 Å². The molecule has 0 aliphatic rings.